The van der Waals surface area contributed by atoms with Gasteiger partial charge in [-0.05, 0) is 79.9 Å². The molecule has 4 nitrogen and oxygen atoms in total. The molecular weight excluding hydrogens is 328 g/mol. The Hall–Kier alpha value is -1.97. The number of benzene rings is 1. The van der Waals surface area contributed by atoms with E-state index in [0.29, 0.717) is 31.3 Å². The second kappa shape index (κ2) is 7.34. The predicted molar refractivity (Wildman–Crippen MR) is 99.3 cm³/mol. The van der Waals surface area contributed by atoms with Crippen LogP contribution >= 0.6 is 0 Å². The van der Waals surface area contributed by atoms with Gasteiger partial charge in [-0.15, -0.1) is 0 Å². The van der Waals surface area contributed by atoms with Crippen molar-refractivity contribution in [3.63, 3.8) is 0 Å². The summed E-state index contributed by atoms with van der Waals surface area (Å²) < 4.78 is 11.0. The molecule has 4 heteroatoms. The molecule has 140 valence electrons. The summed E-state index contributed by atoms with van der Waals surface area (Å²) in [6.45, 7) is 0.496. The Morgan fingerprint density at radius 1 is 1.12 bits per heavy atom. The van der Waals surface area contributed by atoms with Gasteiger partial charge in [0, 0.05) is 12.0 Å². The van der Waals surface area contributed by atoms with Gasteiger partial charge in [0.05, 0.1) is 13.7 Å². The SMILES string of the molecule is COC(=O)CCCOC(=C1C2CC3CC(C2)CC1C3)c1cccc(O)c1. The first-order valence-electron chi connectivity index (χ1n) is 9.87. The summed E-state index contributed by atoms with van der Waals surface area (Å²) >= 11 is 0. The van der Waals surface area contributed by atoms with E-state index in [-0.39, 0.29) is 11.7 Å². The van der Waals surface area contributed by atoms with Crippen LogP contribution in [0.2, 0.25) is 0 Å². The summed E-state index contributed by atoms with van der Waals surface area (Å²) in [6, 6.07) is 7.39. The number of aromatic hydroxyl groups is 1. The largest absolute Gasteiger partial charge is 0.508 e. The first kappa shape index (κ1) is 17.4. The number of phenols is 1. The Kier molecular flexibility index (Phi) is 4.92. The van der Waals surface area contributed by atoms with Crippen LogP contribution in [0.15, 0.2) is 29.8 Å². The number of allylic oxidation sites excluding steroid dienone is 1. The molecule has 1 N–H and O–H groups in total. The molecule has 0 aliphatic heterocycles. The molecule has 4 aliphatic carbocycles. The van der Waals surface area contributed by atoms with Crippen LogP contribution in [0, 0.1) is 23.7 Å². The molecule has 4 bridgehead atoms. The number of rotatable bonds is 6. The topological polar surface area (TPSA) is 55.8 Å². The third kappa shape index (κ3) is 3.46. The zero-order valence-corrected chi connectivity index (χ0v) is 15.4. The summed E-state index contributed by atoms with van der Waals surface area (Å²) in [5, 5.41) is 9.95. The highest BCUT2D eigenvalue weighted by molar-refractivity contribution is 5.69. The summed E-state index contributed by atoms with van der Waals surface area (Å²) in [5.74, 6) is 4.07. The van der Waals surface area contributed by atoms with Crippen molar-refractivity contribution in [3.05, 3.63) is 35.4 Å². The normalized spacial score (nSPS) is 28.9. The van der Waals surface area contributed by atoms with Gasteiger partial charge in [0.25, 0.3) is 0 Å². The van der Waals surface area contributed by atoms with Gasteiger partial charge >= 0.3 is 5.97 Å². The first-order valence-corrected chi connectivity index (χ1v) is 9.87. The molecule has 26 heavy (non-hydrogen) atoms. The van der Waals surface area contributed by atoms with Crippen LogP contribution < -0.4 is 0 Å². The lowest BCUT2D eigenvalue weighted by Gasteiger charge is -2.51. The Morgan fingerprint density at radius 3 is 2.42 bits per heavy atom. The van der Waals surface area contributed by atoms with Gasteiger partial charge < -0.3 is 14.6 Å². The van der Waals surface area contributed by atoms with Crippen molar-refractivity contribution in [2.45, 2.75) is 44.9 Å². The predicted octanol–water partition coefficient (Wildman–Crippen LogP) is 4.53. The molecule has 0 saturated heterocycles. The van der Waals surface area contributed by atoms with Crippen LogP contribution in [0.25, 0.3) is 5.76 Å². The van der Waals surface area contributed by atoms with Crippen molar-refractivity contribution in [1.29, 1.82) is 0 Å². The van der Waals surface area contributed by atoms with Crippen molar-refractivity contribution >= 4 is 11.7 Å². The van der Waals surface area contributed by atoms with Crippen LogP contribution in [-0.4, -0.2) is 24.8 Å². The van der Waals surface area contributed by atoms with E-state index in [2.05, 4.69) is 0 Å². The number of ether oxygens (including phenoxy) is 2. The van der Waals surface area contributed by atoms with E-state index in [1.54, 1.807) is 12.1 Å². The van der Waals surface area contributed by atoms with Crippen molar-refractivity contribution in [1.82, 2.24) is 0 Å². The third-order valence-electron chi connectivity index (χ3n) is 6.39. The summed E-state index contributed by atoms with van der Waals surface area (Å²) in [4.78, 5) is 11.4. The second-order valence-corrected chi connectivity index (χ2v) is 8.17. The van der Waals surface area contributed by atoms with Gasteiger partial charge in [0.1, 0.15) is 11.5 Å². The number of phenolic OH excluding ortho intramolecular Hbond substituents is 1. The van der Waals surface area contributed by atoms with Crippen molar-refractivity contribution in [2.24, 2.45) is 23.7 Å². The average molecular weight is 356 g/mol. The third-order valence-corrected chi connectivity index (χ3v) is 6.39. The molecule has 0 aromatic heterocycles. The fourth-order valence-electron chi connectivity index (χ4n) is 5.54. The monoisotopic (exact) mass is 356 g/mol. The molecule has 4 aliphatic rings. The Balaban J connectivity index is 1.59. The highest BCUT2D eigenvalue weighted by Gasteiger charge is 2.46. The second-order valence-electron chi connectivity index (χ2n) is 8.17. The fraction of sp³-hybridized carbons (Fsp3) is 0.591. The van der Waals surface area contributed by atoms with E-state index in [0.717, 1.165) is 23.2 Å². The van der Waals surface area contributed by atoms with Gasteiger partial charge in [-0.2, -0.15) is 0 Å². The van der Waals surface area contributed by atoms with Crippen molar-refractivity contribution in [3.8, 4) is 5.75 Å². The zero-order valence-electron chi connectivity index (χ0n) is 15.4. The molecule has 1 aromatic carbocycles. The summed E-state index contributed by atoms with van der Waals surface area (Å²) in [6.07, 6.45) is 7.58. The molecule has 0 spiro atoms. The van der Waals surface area contributed by atoms with Crippen molar-refractivity contribution < 1.29 is 19.4 Å². The fourth-order valence-corrected chi connectivity index (χ4v) is 5.54. The molecule has 4 fully saturated rings. The minimum atomic E-state index is -0.199. The van der Waals surface area contributed by atoms with E-state index >= 15 is 0 Å². The zero-order chi connectivity index (χ0) is 18.1. The molecule has 1 aromatic rings. The van der Waals surface area contributed by atoms with Gasteiger partial charge in [-0.25, -0.2) is 0 Å². The Labute approximate surface area is 155 Å². The van der Waals surface area contributed by atoms with Crippen molar-refractivity contribution in [2.75, 3.05) is 13.7 Å². The van der Waals surface area contributed by atoms with Crippen LogP contribution in [0.1, 0.15) is 50.5 Å². The van der Waals surface area contributed by atoms with Crippen LogP contribution in [0.5, 0.6) is 5.75 Å². The van der Waals surface area contributed by atoms with Crippen LogP contribution in [0.3, 0.4) is 0 Å². The van der Waals surface area contributed by atoms with Gasteiger partial charge in [-0.1, -0.05) is 12.1 Å². The first-order chi connectivity index (χ1) is 12.6. The Bertz CT molecular complexity index is 676. The number of hydrogen-bond acceptors (Lipinski definition) is 4. The smallest absolute Gasteiger partial charge is 0.305 e. The molecule has 0 radical (unpaired) electrons. The summed E-state index contributed by atoms with van der Waals surface area (Å²) in [5.41, 5.74) is 2.44. The number of carbonyl (C=O) groups excluding carboxylic acids is 1. The van der Waals surface area contributed by atoms with Crippen LogP contribution in [0.4, 0.5) is 0 Å². The lowest BCUT2D eigenvalue weighted by molar-refractivity contribution is -0.140. The highest BCUT2D eigenvalue weighted by Crippen LogP contribution is 2.58. The lowest BCUT2D eigenvalue weighted by Crippen LogP contribution is -2.41. The average Bonchev–Trinajstić information content (AvgIpc) is 2.62. The van der Waals surface area contributed by atoms with Gasteiger partial charge in [-0.3, -0.25) is 4.79 Å². The minimum absolute atomic E-state index is 0.199. The lowest BCUT2D eigenvalue weighted by atomic mass is 9.54. The molecule has 0 atom stereocenters. The molecule has 0 amide bonds. The van der Waals surface area contributed by atoms with Crippen LogP contribution in [-0.2, 0) is 14.3 Å². The summed E-state index contributed by atoms with van der Waals surface area (Å²) in [7, 11) is 1.41. The molecule has 5 rings (SSSR count). The van der Waals surface area contributed by atoms with E-state index in [9.17, 15) is 9.90 Å². The maximum Gasteiger partial charge on any atom is 0.305 e. The van der Waals surface area contributed by atoms with E-state index in [1.165, 1.54) is 44.8 Å². The molecule has 0 heterocycles. The molecular formula is C22H28O4. The maximum atomic E-state index is 11.4. The van der Waals surface area contributed by atoms with Gasteiger partial charge in [0.2, 0.25) is 0 Å². The molecule has 0 unspecified atom stereocenters. The number of methoxy groups -OCH3 is 1. The number of carbonyl (C=O) groups is 1. The maximum absolute atomic E-state index is 11.4. The number of esters is 1. The van der Waals surface area contributed by atoms with Gasteiger partial charge in [0.15, 0.2) is 0 Å². The quantitative estimate of drug-likeness (QED) is 0.462. The standard InChI is InChI=1S/C22H28O4/c1-25-20(24)6-3-7-26-22(16-4-2-5-19(23)13-16)21-17-9-14-8-15(11-17)12-18(21)10-14/h2,4-5,13-15,17-18,23H,3,6-12H2,1H3. The Morgan fingerprint density at radius 2 is 1.81 bits per heavy atom. The minimum Gasteiger partial charge on any atom is -0.508 e. The molecule has 4 saturated carbocycles. The van der Waals surface area contributed by atoms with E-state index in [1.807, 2.05) is 12.1 Å². The van der Waals surface area contributed by atoms with E-state index in [4.69, 9.17) is 9.47 Å². The van der Waals surface area contributed by atoms with E-state index < -0.39 is 0 Å². The highest BCUT2D eigenvalue weighted by atomic mass is 16.5. The number of hydrogen-bond donors (Lipinski definition) is 1.